The Morgan fingerprint density at radius 1 is 0.700 bits per heavy atom. The van der Waals surface area contributed by atoms with E-state index in [-0.39, 0.29) is 0 Å². The van der Waals surface area contributed by atoms with Crippen molar-refractivity contribution in [3.05, 3.63) is 96.8 Å². The second-order valence-electron chi connectivity index (χ2n) is 7.55. The zero-order valence-electron chi connectivity index (χ0n) is 16.5. The van der Waals surface area contributed by atoms with Gasteiger partial charge in [-0.1, -0.05) is 54.6 Å². The largest absolute Gasteiger partial charge is 0.437 e. The van der Waals surface area contributed by atoms with Crippen molar-refractivity contribution < 1.29 is 4.42 Å². The van der Waals surface area contributed by atoms with E-state index < -0.39 is 0 Å². The Hall–Kier alpha value is -3.98. The lowest BCUT2D eigenvalue weighted by atomic mass is 9.97. The molecule has 3 nitrogen and oxygen atoms in total. The minimum atomic E-state index is 0.669. The van der Waals surface area contributed by atoms with Gasteiger partial charge in [-0.05, 0) is 59.2 Å². The molecule has 0 aliphatic heterocycles. The summed E-state index contributed by atoms with van der Waals surface area (Å²) in [6, 6.07) is 29.4. The van der Waals surface area contributed by atoms with Gasteiger partial charge in [0.2, 0.25) is 5.71 Å². The Labute approximate surface area is 173 Å². The van der Waals surface area contributed by atoms with Gasteiger partial charge in [-0.15, -0.1) is 0 Å². The molecule has 0 aliphatic carbocycles. The van der Waals surface area contributed by atoms with E-state index in [1.165, 1.54) is 16.3 Å². The van der Waals surface area contributed by atoms with Crippen LogP contribution in [-0.4, -0.2) is 9.97 Å². The molecule has 0 unspecified atom stereocenters. The third-order valence-corrected chi connectivity index (χ3v) is 5.64. The van der Waals surface area contributed by atoms with Gasteiger partial charge < -0.3 is 4.42 Å². The lowest BCUT2D eigenvalue weighted by Crippen LogP contribution is -1.87. The zero-order valence-corrected chi connectivity index (χ0v) is 16.5. The molecule has 3 heteroatoms. The number of furan rings is 1. The molecule has 0 fully saturated rings. The van der Waals surface area contributed by atoms with Crippen molar-refractivity contribution in [1.82, 2.24) is 9.97 Å². The van der Waals surface area contributed by atoms with Crippen LogP contribution in [0.25, 0.3) is 55.2 Å². The SMILES string of the molecule is Cc1ccc2c(n1)oc1c(-c3cc(-c4cccc5ccccc45)ccn3)cccc12. The van der Waals surface area contributed by atoms with Gasteiger partial charge in [0.15, 0.2) is 0 Å². The molecule has 6 rings (SSSR count). The van der Waals surface area contributed by atoms with Gasteiger partial charge in [-0.3, -0.25) is 4.98 Å². The number of nitrogens with zero attached hydrogens (tertiary/aromatic N) is 2. The predicted octanol–water partition coefficient (Wildman–Crippen LogP) is 7.17. The molecule has 0 bridgehead atoms. The summed E-state index contributed by atoms with van der Waals surface area (Å²) in [5, 5.41) is 4.56. The van der Waals surface area contributed by atoms with Crippen LogP contribution in [-0.2, 0) is 0 Å². The second kappa shape index (κ2) is 6.53. The van der Waals surface area contributed by atoms with E-state index >= 15 is 0 Å². The normalized spacial score (nSPS) is 11.5. The first kappa shape index (κ1) is 16.9. The maximum absolute atomic E-state index is 6.18. The fraction of sp³-hybridized carbons (Fsp3) is 0.0370. The molecule has 3 aromatic heterocycles. The topological polar surface area (TPSA) is 38.9 Å². The van der Waals surface area contributed by atoms with Crippen LogP contribution >= 0.6 is 0 Å². The maximum atomic E-state index is 6.18. The number of benzene rings is 3. The summed E-state index contributed by atoms with van der Waals surface area (Å²) < 4.78 is 6.18. The highest BCUT2D eigenvalue weighted by Gasteiger charge is 2.14. The molecule has 0 amide bonds. The van der Waals surface area contributed by atoms with Gasteiger partial charge >= 0.3 is 0 Å². The molecular formula is C27H18N2O. The Balaban J connectivity index is 1.57. The van der Waals surface area contributed by atoms with Crippen LogP contribution in [0.4, 0.5) is 0 Å². The van der Waals surface area contributed by atoms with Crippen molar-refractivity contribution >= 4 is 32.8 Å². The molecule has 6 aromatic rings. The van der Waals surface area contributed by atoms with Crippen molar-refractivity contribution in [3.8, 4) is 22.4 Å². The molecular weight excluding hydrogens is 368 g/mol. The monoisotopic (exact) mass is 386 g/mol. The number of rotatable bonds is 2. The number of pyridine rings is 2. The van der Waals surface area contributed by atoms with E-state index in [1.54, 1.807) is 0 Å². The lowest BCUT2D eigenvalue weighted by Gasteiger charge is -2.09. The van der Waals surface area contributed by atoms with Crippen LogP contribution in [0.1, 0.15) is 5.69 Å². The molecule has 3 aromatic carbocycles. The van der Waals surface area contributed by atoms with Gasteiger partial charge in [0.05, 0.1) is 5.69 Å². The van der Waals surface area contributed by atoms with Crippen molar-refractivity contribution in [3.63, 3.8) is 0 Å². The molecule has 142 valence electrons. The number of aryl methyl sites for hydroxylation is 1. The first-order valence-electron chi connectivity index (χ1n) is 10.0. The van der Waals surface area contributed by atoms with E-state index in [1.807, 2.05) is 19.2 Å². The van der Waals surface area contributed by atoms with Crippen LogP contribution in [0.15, 0.2) is 95.5 Å². The van der Waals surface area contributed by atoms with Crippen LogP contribution in [0.2, 0.25) is 0 Å². The van der Waals surface area contributed by atoms with Crippen molar-refractivity contribution in [2.45, 2.75) is 6.92 Å². The van der Waals surface area contributed by atoms with E-state index in [0.717, 1.165) is 38.9 Å². The third kappa shape index (κ3) is 2.60. The fourth-order valence-corrected chi connectivity index (χ4v) is 4.20. The van der Waals surface area contributed by atoms with Gasteiger partial charge in [0.1, 0.15) is 5.58 Å². The van der Waals surface area contributed by atoms with E-state index in [2.05, 4.69) is 88.8 Å². The maximum Gasteiger partial charge on any atom is 0.227 e. The van der Waals surface area contributed by atoms with Crippen molar-refractivity contribution in [1.29, 1.82) is 0 Å². The molecule has 30 heavy (non-hydrogen) atoms. The van der Waals surface area contributed by atoms with E-state index in [9.17, 15) is 0 Å². The first-order valence-corrected chi connectivity index (χ1v) is 10.0. The molecule has 0 N–H and O–H groups in total. The third-order valence-electron chi connectivity index (χ3n) is 5.64. The second-order valence-corrected chi connectivity index (χ2v) is 7.55. The highest BCUT2D eigenvalue weighted by atomic mass is 16.3. The van der Waals surface area contributed by atoms with E-state index in [4.69, 9.17) is 4.42 Å². The molecule has 3 heterocycles. The predicted molar refractivity (Wildman–Crippen MR) is 122 cm³/mol. The Kier molecular flexibility index (Phi) is 3.68. The van der Waals surface area contributed by atoms with Crippen LogP contribution in [0.3, 0.4) is 0 Å². The lowest BCUT2D eigenvalue weighted by molar-refractivity contribution is 0.653. The van der Waals surface area contributed by atoms with Crippen LogP contribution in [0, 0.1) is 6.92 Å². The van der Waals surface area contributed by atoms with Crippen molar-refractivity contribution in [2.75, 3.05) is 0 Å². The number of aromatic nitrogens is 2. The quantitative estimate of drug-likeness (QED) is 0.317. The van der Waals surface area contributed by atoms with E-state index in [0.29, 0.717) is 5.71 Å². The fourth-order valence-electron chi connectivity index (χ4n) is 4.20. The minimum absolute atomic E-state index is 0.669. The summed E-state index contributed by atoms with van der Waals surface area (Å²) in [6.45, 7) is 1.97. The Morgan fingerprint density at radius 3 is 2.47 bits per heavy atom. The summed E-state index contributed by atoms with van der Waals surface area (Å²) in [7, 11) is 0. The summed E-state index contributed by atoms with van der Waals surface area (Å²) in [4.78, 5) is 9.23. The minimum Gasteiger partial charge on any atom is -0.437 e. The first-order chi connectivity index (χ1) is 14.8. The standard InChI is InChI=1S/C27H18N2O/c1-17-12-13-23-22-10-5-11-24(26(22)30-27(23)29-17)25-16-19(14-15-28-25)21-9-4-7-18-6-2-3-8-20(18)21/h2-16H,1H3. The number of fused-ring (bicyclic) bond motifs is 4. The average molecular weight is 386 g/mol. The van der Waals surface area contributed by atoms with Crippen LogP contribution < -0.4 is 0 Å². The highest BCUT2D eigenvalue weighted by molar-refractivity contribution is 6.08. The van der Waals surface area contributed by atoms with Crippen molar-refractivity contribution in [2.24, 2.45) is 0 Å². The Morgan fingerprint density at radius 2 is 1.50 bits per heavy atom. The van der Waals surface area contributed by atoms with Gasteiger partial charge in [0.25, 0.3) is 0 Å². The molecule has 0 saturated heterocycles. The number of hydrogen-bond acceptors (Lipinski definition) is 3. The summed E-state index contributed by atoms with van der Waals surface area (Å²) >= 11 is 0. The summed E-state index contributed by atoms with van der Waals surface area (Å²) in [5.41, 5.74) is 6.65. The molecule has 0 radical (unpaired) electrons. The number of para-hydroxylation sites is 1. The number of hydrogen-bond donors (Lipinski definition) is 0. The molecule has 0 spiro atoms. The Bertz CT molecular complexity index is 1560. The zero-order chi connectivity index (χ0) is 20.1. The molecule has 0 saturated carbocycles. The summed E-state index contributed by atoms with van der Waals surface area (Å²) in [6.07, 6.45) is 1.87. The van der Waals surface area contributed by atoms with Gasteiger partial charge in [0, 0.05) is 28.2 Å². The summed E-state index contributed by atoms with van der Waals surface area (Å²) in [5.74, 6) is 0. The van der Waals surface area contributed by atoms with Crippen LogP contribution in [0.5, 0.6) is 0 Å². The molecule has 0 aliphatic rings. The van der Waals surface area contributed by atoms with Gasteiger partial charge in [-0.25, -0.2) is 4.98 Å². The smallest absolute Gasteiger partial charge is 0.227 e. The average Bonchev–Trinajstić information content (AvgIpc) is 3.16. The molecule has 0 atom stereocenters. The van der Waals surface area contributed by atoms with Gasteiger partial charge in [-0.2, -0.15) is 0 Å². The highest BCUT2D eigenvalue weighted by Crippen LogP contribution is 2.36.